The van der Waals surface area contributed by atoms with Crippen molar-refractivity contribution in [3.05, 3.63) is 82.2 Å². The number of aliphatic hydroxyl groups excluding tert-OH is 1. The second-order valence-corrected chi connectivity index (χ2v) is 9.42. The molecule has 1 aliphatic heterocycles. The number of nitrogens with zero attached hydrogens (tertiary/aromatic N) is 2. The highest BCUT2D eigenvalue weighted by Crippen LogP contribution is 2.45. The van der Waals surface area contributed by atoms with Crippen molar-refractivity contribution < 1.29 is 15.0 Å². The first-order valence-electron chi connectivity index (χ1n) is 11.8. The van der Waals surface area contributed by atoms with Crippen LogP contribution in [0.1, 0.15) is 69.5 Å². The molecular weight excluding hydrogens is 412 g/mol. The number of hydrogen-bond acceptors (Lipinski definition) is 4. The number of carbonyl (C=O) groups excluding carboxylic acids is 1. The highest BCUT2D eigenvalue weighted by molar-refractivity contribution is 5.92. The number of rotatable bonds is 5. The zero-order valence-electron chi connectivity index (χ0n) is 19.2. The van der Waals surface area contributed by atoms with Crippen LogP contribution in [0.3, 0.4) is 0 Å². The molecule has 2 aromatic carbocycles. The lowest BCUT2D eigenvalue weighted by Gasteiger charge is -2.20. The van der Waals surface area contributed by atoms with Crippen LogP contribution in [0.5, 0.6) is 5.75 Å². The molecule has 1 saturated carbocycles. The molecule has 0 radical (unpaired) electrons. The zero-order valence-corrected chi connectivity index (χ0v) is 19.2. The summed E-state index contributed by atoms with van der Waals surface area (Å²) in [6, 6.07) is 16.1. The van der Waals surface area contributed by atoms with Crippen molar-refractivity contribution in [2.24, 2.45) is 0 Å². The second kappa shape index (κ2) is 8.64. The van der Waals surface area contributed by atoms with E-state index in [4.69, 9.17) is 0 Å². The van der Waals surface area contributed by atoms with Crippen molar-refractivity contribution >= 4 is 5.91 Å². The Hall–Kier alpha value is -3.18. The molecular formula is C28H30N2O3. The summed E-state index contributed by atoms with van der Waals surface area (Å²) in [6.45, 7) is 5.08. The topological polar surface area (TPSA) is 73.7 Å². The summed E-state index contributed by atoms with van der Waals surface area (Å²) in [5.74, 6) is 0.820. The number of aromatic hydroxyl groups is 1. The van der Waals surface area contributed by atoms with E-state index in [1.54, 1.807) is 13.0 Å². The molecule has 2 N–H and O–H groups in total. The van der Waals surface area contributed by atoms with Gasteiger partial charge in [-0.1, -0.05) is 30.3 Å². The van der Waals surface area contributed by atoms with E-state index in [1.807, 2.05) is 4.90 Å². The maximum absolute atomic E-state index is 13.0. The summed E-state index contributed by atoms with van der Waals surface area (Å²) in [4.78, 5) is 19.1. The number of aliphatic hydroxyl groups is 1. The third kappa shape index (κ3) is 4.13. The molecule has 2 aliphatic rings. The molecule has 1 aromatic heterocycles. The SMILES string of the molecule is Cc1cc(C2CCN(C(=O)c3ccc(O)c(C)n3)C2)c(CO)cc1-c1ccccc1C1CC1. The largest absolute Gasteiger partial charge is 0.506 e. The van der Waals surface area contributed by atoms with Gasteiger partial charge in [0.15, 0.2) is 0 Å². The van der Waals surface area contributed by atoms with E-state index < -0.39 is 0 Å². The van der Waals surface area contributed by atoms with Crippen molar-refractivity contribution in [3.8, 4) is 16.9 Å². The molecule has 2 fully saturated rings. The lowest BCUT2D eigenvalue weighted by molar-refractivity contribution is 0.0784. The average molecular weight is 443 g/mol. The highest BCUT2D eigenvalue weighted by Gasteiger charge is 2.31. The van der Waals surface area contributed by atoms with Gasteiger partial charge in [0.2, 0.25) is 0 Å². The summed E-state index contributed by atoms with van der Waals surface area (Å²) in [7, 11) is 0. The molecule has 5 nitrogen and oxygen atoms in total. The first-order valence-corrected chi connectivity index (χ1v) is 11.8. The molecule has 1 amide bonds. The van der Waals surface area contributed by atoms with E-state index in [0.717, 1.165) is 17.5 Å². The Morgan fingerprint density at radius 2 is 1.79 bits per heavy atom. The minimum atomic E-state index is -0.113. The van der Waals surface area contributed by atoms with E-state index in [0.29, 0.717) is 30.4 Å². The van der Waals surface area contributed by atoms with Crippen molar-refractivity contribution in [3.63, 3.8) is 0 Å². The number of likely N-dealkylation sites (tertiary alicyclic amines) is 1. The van der Waals surface area contributed by atoms with E-state index in [1.165, 1.54) is 41.2 Å². The average Bonchev–Trinajstić information content (AvgIpc) is 3.56. The number of pyridine rings is 1. The Morgan fingerprint density at radius 3 is 2.52 bits per heavy atom. The molecule has 1 unspecified atom stereocenters. The fraction of sp³-hybridized carbons (Fsp3) is 0.357. The minimum Gasteiger partial charge on any atom is -0.506 e. The molecule has 33 heavy (non-hydrogen) atoms. The van der Waals surface area contributed by atoms with Gasteiger partial charge in [0, 0.05) is 19.0 Å². The van der Waals surface area contributed by atoms with Crippen LogP contribution in [-0.4, -0.2) is 39.1 Å². The van der Waals surface area contributed by atoms with Crippen LogP contribution in [0, 0.1) is 13.8 Å². The van der Waals surface area contributed by atoms with Crippen LogP contribution in [-0.2, 0) is 6.61 Å². The molecule has 0 spiro atoms. The Kier molecular flexibility index (Phi) is 5.67. The van der Waals surface area contributed by atoms with Gasteiger partial charge in [-0.3, -0.25) is 4.79 Å². The van der Waals surface area contributed by atoms with Gasteiger partial charge in [-0.2, -0.15) is 0 Å². The second-order valence-electron chi connectivity index (χ2n) is 9.42. The Labute approximate surface area is 194 Å². The number of aryl methyl sites for hydroxylation is 2. The summed E-state index contributed by atoms with van der Waals surface area (Å²) < 4.78 is 0. The lowest BCUT2D eigenvalue weighted by Crippen LogP contribution is -2.29. The standard InChI is InChI=1S/C28H30N2O3/c1-17-13-25(20-11-12-30(15-20)28(33)26-9-10-27(32)18(2)29-26)21(16-31)14-24(17)23-6-4-3-5-22(23)19-7-8-19/h3-6,9-10,13-14,19-20,31-32H,7-8,11-12,15-16H2,1-2H3. The lowest BCUT2D eigenvalue weighted by atomic mass is 9.86. The molecule has 2 heterocycles. The first kappa shape index (κ1) is 21.7. The molecule has 5 heteroatoms. The van der Waals surface area contributed by atoms with E-state index in [-0.39, 0.29) is 24.2 Å². The van der Waals surface area contributed by atoms with Gasteiger partial charge in [0.05, 0.1) is 12.3 Å². The van der Waals surface area contributed by atoms with Crippen LogP contribution >= 0.6 is 0 Å². The third-order valence-corrected chi connectivity index (χ3v) is 7.12. The monoisotopic (exact) mass is 442 g/mol. The first-order chi connectivity index (χ1) is 16.0. The molecule has 5 rings (SSSR count). The fourth-order valence-electron chi connectivity index (χ4n) is 5.11. The molecule has 3 aromatic rings. The van der Waals surface area contributed by atoms with Crippen molar-refractivity contribution in [2.45, 2.75) is 51.6 Å². The van der Waals surface area contributed by atoms with Crippen LogP contribution < -0.4 is 0 Å². The van der Waals surface area contributed by atoms with Gasteiger partial charge < -0.3 is 15.1 Å². The summed E-state index contributed by atoms with van der Waals surface area (Å²) in [5.41, 5.74) is 7.97. The molecule has 1 saturated heterocycles. The van der Waals surface area contributed by atoms with Gasteiger partial charge in [0.1, 0.15) is 11.4 Å². The fourth-order valence-corrected chi connectivity index (χ4v) is 5.11. The van der Waals surface area contributed by atoms with Gasteiger partial charge in [-0.15, -0.1) is 0 Å². The molecule has 170 valence electrons. The van der Waals surface area contributed by atoms with Gasteiger partial charge in [-0.25, -0.2) is 4.98 Å². The van der Waals surface area contributed by atoms with Crippen molar-refractivity contribution in [1.29, 1.82) is 0 Å². The van der Waals surface area contributed by atoms with E-state index in [2.05, 4.69) is 48.3 Å². The van der Waals surface area contributed by atoms with E-state index in [9.17, 15) is 15.0 Å². The van der Waals surface area contributed by atoms with Crippen LogP contribution in [0.15, 0.2) is 48.5 Å². The van der Waals surface area contributed by atoms with Crippen LogP contribution in [0.2, 0.25) is 0 Å². The van der Waals surface area contributed by atoms with E-state index >= 15 is 0 Å². The Balaban J connectivity index is 1.41. The van der Waals surface area contributed by atoms with Gasteiger partial charge in [-0.05, 0) is 90.6 Å². The molecule has 1 atom stereocenters. The number of amides is 1. The number of carbonyl (C=O) groups is 1. The van der Waals surface area contributed by atoms with Gasteiger partial charge in [0.25, 0.3) is 5.91 Å². The maximum atomic E-state index is 13.0. The Morgan fingerprint density at radius 1 is 1.00 bits per heavy atom. The molecule has 0 bridgehead atoms. The molecule has 1 aliphatic carbocycles. The smallest absolute Gasteiger partial charge is 0.272 e. The third-order valence-electron chi connectivity index (χ3n) is 7.12. The normalized spacial score (nSPS) is 18.0. The summed E-state index contributed by atoms with van der Waals surface area (Å²) in [6.07, 6.45) is 3.36. The predicted molar refractivity (Wildman–Crippen MR) is 128 cm³/mol. The highest BCUT2D eigenvalue weighted by atomic mass is 16.3. The Bertz CT molecular complexity index is 1220. The maximum Gasteiger partial charge on any atom is 0.272 e. The number of hydrogen-bond donors (Lipinski definition) is 2. The van der Waals surface area contributed by atoms with Crippen LogP contribution in [0.25, 0.3) is 11.1 Å². The zero-order chi connectivity index (χ0) is 23.1. The van der Waals surface area contributed by atoms with Crippen LogP contribution in [0.4, 0.5) is 0 Å². The van der Waals surface area contributed by atoms with Gasteiger partial charge >= 0.3 is 0 Å². The van der Waals surface area contributed by atoms with Crippen molar-refractivity contribution in [1.82, 2.24) is 9.88 Å². The summed E-state index contributed by atoms with van der Waals surface area (Å²) >= 11 is 0. The van der Waals surface area contributed by atoms with Crippen molar-refractivity contribution in [2.75, 3.05) is 13.1 Å². The quantitative estimate of drug-likeness (QED) is 0.579. The predicted octanol–water partition coefficient (Wildman–Crippen LogP) is 5.07. The minimum absolute atomic E-state index is 0.0165. The number of benzene rings is 2. The number of aromatic nitrogens is 1. The summed E-state index contributed by atoms with van der Waals surface area (Å²) in [5, 5.41) is 19.9.